The van der Waals surface area contributed by atoms with Crippen molar-refractivity contribution in [1.29, 1.82) is 0 Å². The Hall–Kier alpha value is -4.39. The molecule has 35 heavy (non-hydrogen) atoms. The van der Waals surface area contributed by atoms with Crippen LogP contribution in [0.1, 0.15) is 28.8 Å². The van der Waals surface area contributed by atoms with Gasteiger partial charge in [0, 0.05) is 66.4 Å². The quantitative estimate of drug-likeness (QED) is 0.382. The molecule has 1 aliphatic heterocycles. The standard InChI is InChI=1S/C28H26N6O/c1-20-9-10-23(30-28(35)21-6-4-8-24(16-21)32-12-2-3-13-32)17-26(20)33-14-15-34-27(33)18-25(31-34)22-7-5-11-29-19-22/h4-11,14-19H,2-3,12-13H2,1H3,(H,30,35). The molecule has 2 aromatic carbocycles. The summed E-state index contributed by atoms with van der Waals surface area (Å²) in [6, 6.07) is 19.8. The zero-order valence-electron chi connectivity index (χ0n) is 19.6. The molecule has 1 fully saturated rings. The second-order valence-corrected chi connectivity index (χ2v) is 8.94. The number of rotatable bonds is 5. The summed E-state index contributed by atoms with van der Waals surface area (Å²) in [5.41, 5.74) is 7.38. The highest BCUT2D eigenvalue weighted by Gasteiger charge is 2.16. The predicted molar refractivity (Wildman–Crippen MR) is 138 cm³/mol. The van der Waals surface area contributed by atoms with Crippen molar-refractivity contribution in [3.63, 3.8) is 0 Å². The lowest BCUT2D eigenvalue weighted by atomic mass is 10.1. The van der Waals surface area contributed by atoms with E-state index in [0.29, 0.717) is 5.56 Å². The molecule has 1 saturated heterocycles. The Morgan fingerprint density at radius 3 is 2.69 bits per heavy atom. The van der Waals surface area contributed by atoms with Gasteiger partial charge in [0.25, 0.3) is 5.91 Å². The van der Waals surface area contributed by atoms with Crippen molar-refractivity contribution in [2.24, 2.45) is 0 Å². The SMILES string of the molecule is Cc1ccc(NC(=O)c2cccc(N3CCCC3)c2)cc1-n1ccn2nc(-c3cccnc3)cc12. The minimum Gasteiger partial charge on any atom is -0.372 e. The molecule has 0 saturated carbocycles. The van der Waals surface area contributed by atoms with Crippen LogP contribution in [0.3, 0.4) is 0 Å². The maximum Gasteiger partial charge on any atom is 0.255 e. The van der Waals surface area contributed by atoms with Crippen LogP contribution < -0.4 is 10.2 Å². The number of aryl methyl sites for hydroxylation is 1. The molecule has 7 heteroatoms. The minimum atomic E-state index is -0.110. The molecular weight excluding hydrogens is 436 g/mol. The van der Waals surface area contributed by atoms with Gasteiger partial charge in [0.15, 0.2) is 0 Å². The molecule has 0 unspecified atom stereocenters. The van der Waals surface area contributed by atoms with Crippen LogP contribution in [0, 0.1) is 6.92 Å². The van der Waals surface area contributed by atoms with Gasteiger partial charge in [-0.1, -0.05) is 12.1 Å². The summed E-state index contributed by atoms with van der Waals surface area (Å²) in [5.74, 6) is -0.110. The first-order valence-electron chi connectivity index (χ1n) is 11.9. The van der Waals surface area contributed by atoms with Gasteiger partial charge in [0.1, 0.15) is 5.65 Å². The molecule has 1 N–H and O–H groups in total. The van der Waals surface area contributed by atoms with E-state index in [-0.39, 0.29) is 5.91 Å². The Kier molecular flexibility index (Phi) is 5.29. The van der Waals surface area contributed by atoms with Crippen LogP contribution in [-0.4, -0.2) is 38.2 Å². The van der Waals surface area contributed by atoms with E-state index in [9.17, 15) is 4.79 Å². The molecule has 1 aliphatic rings. The van der Waals surface area contributed by atoms with Crippen molar-refractivity contribution in [3.8, 4) is 16.9 Å². The molecule has 0 aliphatic carbocycles. The van der Waals surface area contributed by atoms with Crippen LogP contribution in [0.4, 0.5) is 11.4 Å². The first kappa shape index (κ1) is 21.2. The minimum absolute atomic E-state index is 0.110. The van der Waals surface area contributed by atoms with E-state index in [2.05, 4.69) is 32.8 Å². The summed E-state index contributed by atoms with van der Waals surface area (Å²) in [7, 11) is 0. The molecule has 1 amide bonds. The van der Waals surface area contributed by atoms with Crippen LogP contribution in [0.5, 0.6) is 0 Å². The van der Waals surface area contributed by atoms with Crippen molar-refractivity contribution in [2.45, 2.75) is 19.8 Å². The zero-order valence-corrected chi connectivity index (χ0v) is 19.6. The summed E-state index contributed by atoms with van der Waals surface area (Å²) in [4.78, 5) is 19.6. The average Bonchev–Trinajstić information content (AvgIpc) is 3.64. The van der Waals surface area contributed by atoms with E-state index in [4.69, 9.17) is 5.10 Å². The molecule has 0 radical (unpaired) electrons. The van der Waals surface area contributed by atoms with E-state index in [1.54, 1.807) is 6.20 Å². The fourth-order valence-electron chi connectivity index (χ4n) is 4.71. The number of pyridine rings is 1. The third kappa shape index (κ3) is 4.05. The highest BCUT2D eigenvalue weighted by Crippen LogP contribution is 2.26. The van der Waals surface area contributed by atoms with Crippen LogP contribution in [0.2, 0.25) is 0 Å². The number of carbonyl (C=O) groups excluding carboxylic acids is 1. The molecule has 6 rings (SSSR count). The lowest BCUT2D eigenvalue weighted by molar-refractivity contribution is 0.102. The molecule has 0 bridgehead atoms. The Morgan fingerprint density at radius 2 is 1.86 bits per heavy atom. The van der Waals surface area contributed by atoms with Gasteiger partial charge in [0.05, 0.1) is 11.4 Å². The van der Waals surface area contributed by atoms with Gasteiger partial charge >= 0.3 is 0 Å². The first-order valence-corrected chi connectivity index (χ1v) is 11.9. The van der Waals surface area contributed by atoms with Gasteiger partial charge in [0.2, 0.25) is 0 Å². The maximum atomic E-state index is 13.1. The normalized spacial score (nSPS) is 13.5. The molecule has 0 atom stereocenters. The van der Waals surface area contributed by atoms with Crippen LogP contribution in [0.25, 0.3) is 22.6 Å². The summed E-state index contributed by atoms with van der Waals surface area (Å²) in [6.07, 6.45) is 9.90. The molecule has 7 nitrogen and oxygen atoms in total. The third-order valence-corrected chi connectivity index (χ3v) is 6.58. The van der Waals surface area contributed by atoms with Crippen LogP contribution in [-0.2, 0) is 0 Å². The number of nitrogens with one attached hydrogen (secondary N) is 1. The van der Waals surface area contributed by atoms with Crippen molar-refractivity contribution >= 4 is 22.9 Å². The number of aromatic nitrogens is 4. The van der Waals surface area contributed by atoms with E-state index in [1.807, 2.05) is 77.7 Å². The Bertz CT molecular complexity index is 1510. The summed E-state index contributed by atoms with van der Waals surface area (Å²) < 4.78 is 3.95. The molecule has 4 heterocycles. The topological polar surface area (TPSA) is 67.5 Å². The number of carbonyl (C=O) groups is 1. The smallest absolute Gasteiger partial charge is 0.255 e. The van der Waals surface area contributed by atoms with Gasteiger partial charge in [-0.2, -0.15) is 5.10 Å². The van der Waals surface area contributed by atoms with Crippen LogP contribution in [0.15, 0.2) is 85.5 Å². The lowest BCUT2D eigenvalue weighted by Crippen LogP contribution is -2.19. The number of imidazole rings is 1. The lowest BCUT2D eigenvalue weighted by Gasteiger charge is -2.18. The Labute approximate surface area is 203 Å². The van der Waals surface area contributed by atoms with E-state index < -0.39 is 0 Å². The number of fused-ring (bicyclic) bond motifs is 1. The van der Waals surface area contributed by atoms with E-state index in [0.717, 1.165) is 52.6 Å². The van der Waals surface area contributed by atoms with Crippen LogP contribution >= 0.6 is 0 Å². The van der Waals surface area contributed by atoms with E-state index in [1.165, 1.54) is 12.8 Å². The average molecular weight is 463 g/mol. The maximum absolute atomic E-state index is 13.1. The number of hydrogen-bond donors (Lipinski definition) is 1. The molecule has 0 spiro atoms. The summed E-state index contributed by atoms with van der Waals surface area (Å²) in [5, 5.41) is 7.78. The Morgan fingerprint density at radius 1 is 0.971 bits per heavy atom. The fourth-order valence-corrected chi connectivity index (χ4v) is 4.71. The van der Waals surface area contributed by atoms with Gasteiger partial charge in [-0.3, -0.25) is 14.3 Å². The molecular formula is C28H26N6O. The van der Waals surface area contributed by atoms with Gasteiger partial charge in [-0.05, 0) is 67.8 Å². The number of benzene rings is 2. The number of nitrogens with zero attached hydrogens (tertiary/aromatic N) is 5. The Balaban J connectivity index is 1.29. The zero-order chi connectivity index (χ0) is 23.8. The molecule has 5 aromatic rings. The molecule has 174 valence electrons. The van der Waals surface area contributed by atoms with Gasteiger partial charge in [-0.15, -0.1) is 0 Å². The number of amides is 1. The predicted octanol–water partition coefficient (Wildman–Crippen LogP) is 5.35. The van der Waals surface area contributed by atoms with Crippen molar-refractivity contribution < 1.29 is 4.79 Å². The highest BCUT2D eigenvalue weighted by atomic mass is 16.1. The molecule has 3 aromatic heterocycles. The first-order chi connectivity index (χ1) is 17.2. The number of anilines is 2. The monoisotopic (exact) mass is 462 g/mol. The fraction of sp³-hybridized carbons (Fsp3) is 0.179. The number of hydrogen-bond acceptors (Lipinski definition) is 4. The summed E-state index contributed by atoms with van der Waals surface area (Å²) >= 11 is 0. The van der Waals surface area contributed by atoms with Gasteiger partial charge in [-0.25, -0.2) is 4.52 Å². The van der Waals surface area contributed by atoms with Crippen molar-refractivity contribution in [1.82, 2.24) is 19.2 Å². The third-order valence-electron chi connectivity index (χ3n) is 6.58. The van der Waals surface area contributed by atoms with Crippen molar-refractivity contribution in [3.05, 3.63) is 96.6 Å². The second-order valence-electron chi connectivity index (χ2n) is 8.94. The largest absolute Gasteiger partial charge is 0.372 e. The summed E-state index contributed by atoms with van der Waals surface area (Å²) in [6.45, 7) is 4.17. The van der Waals surface area contributed by atoms with Gasteiger partial charge < -0.3 is 10.2 Å². The highest BCUT2D eigenvalue weighted by molar-refractivity contribution is 6.05. The van der Waals surface area contributed by atoms with Crippen molar-refractivity contribution in [2.75, 3.05) is 23.3 Å². The van der Waals surface area contributed by atoms with E-state index >= 15 is 0 Å². The second kappa shape index (κ2) is 8.76.